The first kappa shape index (κ1) is 26.9. The maximum Gasteiger partial charge on any atom is 0.223 e. The Balaban J connectivity index is 1.25. The van der Waals surface area contributed by atoms with Crippen molar-refractivity contribution in [2.24, 2.45) is 11.8 Å². The number of likely N-dealkylation sites (tertiary alicyclic amines) is 1. The summed E-state index contributed by atoms with van der Waals surface area (Å²) in [5.41, 5.74) is 2.37. The van der Waals surface area contributed by atoms with E-state index in [0.29, 0.717) is 0 Å². The zero-order valence-corrected chi connectivity index (χ0v) is 22.6. The number of carbonyl (C=O) groups is 1. The van der Waals surface area contributed by atoms with Crippen LogP contribution in [0, 0.1) is 11.8 Å². The van der Waals surface area contributed by atoms with E-state index in [2.05, 4.69) is 47.2 Å². The zero-order chi connectivity index (χ0) is 25.2. The molecule has 1 saturated carbocycles. The number of hydrogen-bond donors (Lipinski definition) is 1. The Morgan fingerprint density at radius 3 is 2.58 bits per heavy atom. The number of aromatic nitrogens is 1. The molecule has 1 aliphatic heterocycles. The van der Waals surface area contributed by atoms with Crippen LogP contribution in [0.2, 0.25) is 0 Å². The summed E-state index contributed by atoms with van der Waals surface area (Å²) in [7, 11) is 0. The van der Waals surface area contributed by atoms with Gasteiger partial charge < -0.3 is 15.0 Å². The molecular formula is C31H47N3O2. The topological polar surface area (TPSA) is 54.5 Å². The molecule has 0 bridgehead atoms. The first-order valence-corrected chi connectivity index (χ1v) is 14.7. The lowest BCUT2D eigenvalue weighted by molar-refractivity contribution is -0.126. The number of aryl methyl sites for hydroxylation is 1. The fourth-order valence-corrected chi connectivity index (χ4v) is 5.96. The molecular weight excluding hydrogens is 446 g/mol. The van der Waals surface area contributed by atoms with Gasteiger partial charge in [-0.15, -0.1) is 0 Å². The molecule has 2 aromatic rings. The number of nitrogens with zero attached hydrogens (tertiary/aromatic N) is 2. The van der Waals surface area contributed by atoms with Gasteiger partial charge in [0.05, 0.1) is 0 Å². The van der Waals surface area contributed by atoms with Gasteiger partial charge in [-0.2, -0.15) is 0 Å². The number of hydrogen-bond acceptors (Lipinski definition) is 4. The lowest BCUT2D eigenvalue weighted by Gasteiger charge is -2.36. The minimum absolute atomic E-state index is 0.234. The van der Waals surface area contributed by atoms with Crippen LogP contribution in [0.5, 0.6) is 5.75 Å². The van der Waals surface area contributed by atoms with E-state index in [4.69, 9.17) is 4.74 Å². The van der Waals surface area contributed by atoms with E-state index in [1.54, 1.807) is 0 Å². The van der Waals surface area contributed by atoms with Crippen molar-refractivity contribution in [2.45, 2.75) is 97.0 Å². The highest BCUT2D eigenvalue weighted by Gasteiger charge is 2.29. The number of unbranched alkanes of at least 4 members (excludes halogenated alkanes) is 3. The Kier molecular flexibility index (Phi) is 10.4. The number of pyridine rings is 1. The number of amides is 1. The maximum atomic E-state index is 12.3. The van der Waals surface area contributed by atoms with Gasteiger partial charge in [0.2, 0.25) is 5.91 Å². The summed E-state index contributed by atoms with van der Waals surface area (Å²) in [5.74, 6) is 2.21. The van der Waals surface area contributed by atoms with E-state index in [9.17, 15) is 4.79 Å². The van der Waals surface area contributed by atoms with Crippen LogP contribution in [-0.4, -0.2) is 48.1 Å². The third-order valence-corrected chi connectivity index (χ3v) is 8.16. The van der Waals surface area contributed by atoms with Crippen molar-refractivity contribution < 1.29 is 9.53 Å². The molecule has 4 rings (SSSR count). The van der Waals surface area contributed by atoms with Crippen LogP contribution in [0.1, 0.15) is 90.0 Å². The molecule has 1 saturated heterocycles. The van der Waals surface area contributed by atoms with Gasteiger partial charge in [-0.25, -0.2) is 0 Å². The highest BCUT2D eigenvalue weighted by Crippen LogP contribution is 2.32. The number of nitrogens with one attached hydrogen (secondary N) is 1. The van der Waals surface area contributed by atoms with Gasteiger partial charge in [-0.3, -0.25) is 9.78 Å². The Hall–Kier alpha value is -2.14. The van der Waals surface area contributed by atoms with Crippen molar-refractivity contribution >= 4 is 16.8 Å². The number of fused-ring (bicyclic) bond motifs is 1. The largest absolute Gasteiger partial charge is 0.488 e. The summed E-state index contributed by atoms with van der Waals surface area (Å²) in [5, 5.41) is 4.28. The number of carbonyl (C=O) groups excluding carboxylic acids is 1. The lowest BCUT2D eigenvalue weighted by Crippen LogP contribution is -2.42. The second-order valence-electron chi connectivity index (χ2n) is 11.1. The first-order chi connectivity index (χ1) is 17.7. The molecule has 1 aromatic heterocycles. The van der Waals surface area contributed by atoms with Gasteiger partial charge in [0.1, 0.15) is 17.4 Å². The number of rotatable bonds is 12. The Bertz CT molecular complexity index is 946. The summed E-state index contributed by atoms with van der Waals surface area (Å²) >= 11 is 0. The number of benzene rings is 1. The van der Waals surface area contributed by atoms with Crippen LogP contribution in [0.4, 0.5) is 0 Å². The van der Waals surface area contributed by atoms with Gasteiger partial charge in [-0.05, 0) is 87.5 Å². The monoisotopic (exact) mass is 493 g/mol. The maximum absolute atomic E-state index is 12.3. The van der Waals surface area contributed by atoms with E-state index >= 15 is 0 Å². The quantitative estimate of drug-likeness (QED) is 0.341. The first-order valence-electron chi connectivity index (χ1n) is 14.7. The molecule has 0 radical (unpaired) electrons. The summed E-state index contributed by atoms with van der Waals surface area (Å²) < 4.78 is 6.61. The molecule has 5 nitrogen and oxygen atoms in total. The van der Waals surface area contributed by atoms with Crippen LogP contribution >= 0.6 is 0 Å². The highest BCUT2D eigenvalue weighted by molar-refractivity contribution is 5.85. The van der Waals surface area contributed by atoms with Crippen LogP contribution in [-0.2, 0) is 11.2 Å². The highest BCUT2D eigenvalue weighted by atomic mass is 16.5. The molecule has 0 spiro atoms. The normalized spacial score (nSPS) is 21.5. The van der Waals surface area contributed by atoms with Gasteiger partial charge in [0.15, 0.2) is 0 Å². The molecule has 0 unspecified atom stereocenters. The van der Waals surface area contributed by atoms with E-state index < -0.39 is 0 Å². The number of ether oxygens (including phenoxy) is 1. The van der Waals surface area contributed by atoms with Gasteiger partial charge in [0.25, 0.3) is 0 Å². The predicted molar refractivity (Wildman–Crippen MR) is 148 cm³/mol. The predicted octanol–water partition coefficient (Wildman–Crippen LogP) is 6.53. The molecule has 36 heavy (non-hydrogen) atoms. The lowest BCUT2D eigenvalue weighted by atomic mass is 9.81. The smallest absolute Gasteiger partial charge is 0.223 e. The molecule has 0 atom stereocenters. The molecule has 2 fully saturated rings. The molecule has 2 aliphatic rings. The molecule has 1 aromatic carbocycles. The van der Waals surface area contributed by atoms with Crippen LogP contribution in [0.3, 0.4) is 0 Å². The van der Waals surface area contributed by atoms with Crippen molar-refractivity contribution in [3.05, 3.63) is 36.0 Å². The van der Waals surface area contributed by atoms with E-state index in [1.807, 2.05) is 12.3 Å². The summed E-state index contributed by atoms with van der Waals surface area (Å²) in [6.45, 7) is 8.56. The van der Waals surface area contributed by atoms with E-state index in [0.717, 1.165) is 75.3 Å². The van der Waals surface area contributed by atoms with Crippen molar-refractivity contribution in [2.75, 3.05) is 26.2 Å². The second kappa shape index (κ2) is 14.0. The van der Waals surface area contributed by atoms with Crippen LogP contribution in [0.15, 0.2) is 30.5 Å². The second-order valence-corrected chi connectivity index (χ2v) is 11.1. The van der Waals surface area contributed by atoms with Crippen molar-refractivity contribution in [1.82, 2.24) is 15.2 Å². The molecule has 1 amide bonds. The average Bonchev–Trinajstić information content (AvgIpc) is 2.91. The van der Waals surface area contributed by atoms with E-state index in [-0.39, 0.29) is 17.9 Å². The van der Waals surface area contributed by atoms with Crippen molar-refractivity contribution in [3.8, 4) is 5.75 Å². The standard InChI is InChI=1S/C31H47N3O2/c1-3-5-6-7-9-25-21-27-10-8-18-32-30(27)29(22-25)36-28-15-19-34(20-16-28)23-24-11-13-26(14-12-24)31(35)33-17-4-2/h8,10,18,21-22,24,26,28H,3-7,9,11-17,19-20,23H2,1-2H3,(H,33,35)/t24-,26-. The van der Waals surface area contributed by atoms with Gasteiger partial charge >= 0.3 is 0 Å². The Morgan fingerprint density at radius 2 is 1.83 bits per heavy atom. The zero-order valence-electron chi connectivity index (χ0n) is 22.6. The molecule has 1 aliphatic carbocycles. The fourth-order valence-electron chi connectivity index (χ4n) is 5.96. The SMILES string of the molecule is CCCCCCc1cc(OC2CCN(C[C@H]3CC[C@H](C(=O)NCCC)CC3)CC2)c2ncccc2c1. The van der Waals surface area contributed by atoms with Crippen LogP contribution in [0.25, 0.3) is 10.9 Å². The van der Waals surface area contributed by atoms with Crippen molar-refractivity contribution in [1.29, 1.82) is 0 Å². The molecule has 1 N–H and O–H groups in total. The van der Waals surface area contributed by atoms with Gasteiger partial charge in [0, 0.05) is 43.7 Å². The Labute approximate surface area is 218 Å². The molecule has 5 heteroatoms. The van der Waals surface area contributed by atoms with Crippen LogP contribution < -0.4 is 10.1 Å². The average molecular weight is 494 g/mol. The summed E-state index contributed by atoms with van der Waals surface area (Å²) in [6, 6.07) is 8.74. The minimum Gasteiger partial charge on any atom is -0.488 e. The summed E-state index contributed by atoms with van der Waals surface area (Å²) in [6.07, 6.45) is 16.0. The third kappa shape index (κ3) is 7.68. The van der Waals surface area contributed by atoms with E-state index in [1.165, 1.54) is 56.0 Å². The molecule has 2 heterocycles. The fraction of sp³-hybridized carbons (Fsp3) is 0.677. The molecule has 198 valence electrons. The van der Waals surface area contributed by atoms with Gasteiger partial charge in [-0.1, -0.05) is 39.2 Å². The van der Waals surface area contributed by atoms with Crippen molar-refractivity contribution in [3.63, 3.8) is 0 Å². The number of piperidine rings is 1. The summed E-state index contributed by atoms with van der Waals surface area (Å²) in [4.78, 5) is 19.6. The minimum atomic E-state index is 0.234. The Morgan fingerprint density at radius 1 is 1.03 bits per heavy atom. The third-order valence-electron chi connectivity index (χ3n) is 8.16.